The van der Waals surface area contributed by atoms with E-state index < -0.39 is 59.9 Å². The van der Waals surface area contributed by atoms with E-state index >= 15 is 0 Å². The van der Waals surface area contributed by atoms with Crippen LogP contribution in [0.15, 0.2) is 12.2 Å². The number of unbranched alkanes of at least 4 members (excludes halogenated alkanes) is 49. The smallest absolute Gasteiger partial charge is 0.394 e. The number of aliphatic hydroxyl groups excluding tert-OH is 4. The third kappa shape index (κ3) is 49.6. The fourth-order valence-corrected chi connectivity index (χ4v) is 12.2. The fraction of sp³-hybridized carbons (Fsp3) is 0.956. The molecule has 0 aromatic heterocycles. The van der Waals surface area contributed by atoms with Gasteiger partial charge in [0, 0.05) is 6.42 Å². The van der Waals surface area contributed by atoms with Gasteiger partial charge in [0.2, 0.25) is 5.91 Å². The first-order valence-corrected chi connectivity index (χ1v) is 36.4. The predicted molar refractivity (Wildman–Crippen MR) is 338 cm³/mol. The molecule has 1 aliphatic rings. The van der Waals surface area contributed by atoms with Crippen molar-refractivity contribution in [3.8, 4) is 0 Å². The van der Waals surface area contributed by atoms with E-state index in [0.717, 1.165) is 51.4 Å². The first-order chi connectivity index (χ1) is 39.5. The number of ether oxygens (including phenoxy) is 2. The SMILES string of the molecule is CCCCCCCCCCCCCCCC/C=C\CCCCCCCCCCCCCCCCCCCC(=O)NC(COC1OC(CO)C(O)C(OS(=O)(=O)O)C1O)C(O)CCCCCCCCCCCCCCCCCCCCC. The Bertz CT molecular complexity index is 1470. The van der Waals surface area contributed by atoms with Gasteiger partial charge in [-0.25, -0.2) is 4.18 Å². The van der Waals surface area contributed by atoms with E-state index in [9.17, 15) is 38.2 Å². The Kier molecular flexibility index (Phi) is 55.6. The van der Waals surface area contributed by atoms with Crippen molar-refractivity contribution in [2.45, 2.75) is 403 Å². The third-order valence-corrected chi connectivity index (χ3v) is 17.5. The van der Waals surface area contributed by atoms with Gasteiger partial charge in [-0.3, -0.25) is 9.35 Å². The molecule has 1 rings (SSSR count). The molecule has 0 saturated carbocycles. The van der Waals surface area contributed by atoms with Crippen LogP contribution in [-0.4, -0.2) is 95.4 Å². The highest BCUT2D eigenvalue weighted by Crippen LogP contribution is 2.27. The maximum absolute atomic E-state index is 13.2. The number of aliphatic hydroxyl groups is 4. The van der Waals surface area contributed by atoms with Crippen LogP contribution < -0.4 is 5.32 Å². The van der Waals surface area contributed by atoms with Gasteiger partial charge in [0.1, 0.15) is 24.4 Å². The van der Waals surface area contributed by atoms with Gasteiger partial charge in [0.25, 0.3) is 0 Å². The summed E-state index contributed by atoms with van der Waals surface area (Å²) in [5.74, 6) is -0.221. The lowest BCUT2D eigenvalue weighted by Gasteiger charge is -2.41. The van der Waals surface area contributed by atoms with Gasteiger partial charge in [-0.05, 0) is 38.5 Å². The van der Waals surface area contributed by atoms with E-state index in [-0.39, 0.29) is 12.5 Å². The molecule has 6 N–H and O–H groups in total. The largest absolute Gasteiger partial charge is 0.397 e. The molecule has 12 nitrogen and oxygen atoms in total. The molecular formula is C68H133NO11S. The highest BCUT2D eigenvalue weighted by atomic mass is 32.3. The zero-order valence-electron chi connectivity index (χ0n) is 52.9. The minimum absolute atomic E-state index is 0.221. The van der Waals surface area contributed by atoms with Crippen LogP contribution in [0.1, 0.15) is 361 Å². The van der Waals surface area contributed by atoms with Gasteiger partial charge in [0.15, 0.2) is 6.29 Å². The van der Waals surface area contributed by atoms with Crippen LogP contribution >= 0.6 is 0 Å². The van der Waals surface area contributed by atoms with Gasteiger partial charge in [-0.1, -0.05) is 328 Å². The molecule has 482 valence electrons. The molecule has 1 fully saturated rings. The first-order valence-electron chi connectivity index (χ1n) is 35.1. The summed E-state index contributed by atoms with van der Waals surface area (Å²) in [7, 11) is -5.08. The second-order valence-electron chi connectivity index (χ2n) is 24.8. The molecule has 1 saturated heterocycles. The second-order valence-corrected chi connectivity index (χ2v) is 25.9. The maximum atomic E-state index is 13.2. The summed E-state index contributed by atoms with van der Waals surface area (Å²) in [6.45, 7) is 3.52. The van der Waals surface area contributed by atoms with Crippen molar-refractivity contribution < 1.29 is 51.8 Å². The number of amides is 1. The first kappa shape index (κ1) is 77.9. The Morgan fingerprint density at radius 3 is 1.11 bits per heavy atom. The Labute approximate surface area is 500 Å². The molecule has 0 aromatic carbocycles. The molecule has 1 amide bonds. The van der Waals surface area contributed by atoms with Crippen molar-refractivity contribution in [1.82, 2.24) is 5.32 Å². The van der Waals surface area contributed by atoms with E-state index in [1.54, 1.807) is 0 Å². The molecule has 0 radical (unpaired) electrons. The standard InChI is InChI=1S/C68H133NO11S/c1-3-5-7-9-11-13-15-17-19-21-23-24-25-26-27-28-29-30-31-32-33-34-35-36-37-38-40-42-44-46-48-50-52-54-56-58-64(72)69-61(60-78-68-66(74)67(80-81(75,76)77)65(73)63(59-70)79-68)62(71)57-55-53-51-49-47-45-43-41-39-22-20-18-16-14-12-10-8-6-4-2/h28-29,61-63,65-68,70-71,73-74H,3-27,30-60H2,1-2H3,(H,69,72)(H,75,76,77)/b29-28-. The van der Waals surface area contributed by atoms with Gasteiger partial charge in [0.05, 0.1) is 25.4 Å². The number of hydrogen-bond acceptors (Lipinski definition) is 10. The quantitative estimate of drug-likeness (QED) is 0.0193. The topological polar surface area (TPSA) is 192 Å². The van der Waals surface area contributed by atoms with Crippen molar-refractivity contribution >= 4 is 16.3 Å². The van der Waals surface area contributed by atoms with Gasteiger partial charge >= 0.3 is 10.4 Å². The summed E-state index contributed by atoms with van der Waals surface area (Å²) in [6.07, 6.45) is 64.0. The highest BCUT2D eigenvalue weighted by Gasteiger charge is 2.48. The van der Waals surface area contributed by atoms with E-state index in [0.29, 0.717) is 12.8 Å². The van der Waals surface area contributed by atoms with Gasteiger partial charge < -0.3 is 35.2 Å². The minimum Gasteiger partial charge on any atom is -0.394 e. The summed E-state index contributed by atoms with van der Waals surface area (Å²) < 4.78 is 48.1. The monoisotopic (exact) mass is 1170 g/mol. The fourth-order valence-electron chi connectivity index (χ4n) is 11.7. The lowest BCUT2D eigenvalue weighted by Crippen LogP contribution is -2.61. The van der Waals surface area contributed by atoms with Crippen LogP contribution in [0.4, 0.5) is 0 Å². The van der Waals surface area contributed by atoms with Crippen molar-refractivity contribution in [1.29, 1.82) is 0 Å². The van der Waals surface area contributed by atoms with Crippen LogP contribution in [0.2, 0.25) is 0 Å². The summed E-state index contributed by atoms with van der Waals surface area (Å²) in [6, 6.07) is -0.856. The van der Waals surface area contributed by atoms with Crippen LogP contribution in [0.3, 0.4) is 0 Å². The minimum atomic E-state index is -5.08. The predicted octanol–water partition coefficient (Wildman–Crippen LogP) is 18.1. The molecule has 0 aliphatic carbocycles. The molecule has 1 aliphatic heterocycles. The zero-order chi connectivity index (χ0) is 59.0. The summed E-state index contributed by atoms with van der Waals surface area (Å²) in [4.78, 5) is 13.2. The average molecular weight is 1170 g/mol. The van der Waals surface area contributed by atoms with Crippen LogP contribution in [0, 0.1) is 0 Å². The van der Waals surface area contributed by atoms with Crippen molar-refractivity contribution in [2.24, 2.45) is 0 Å². The maximum Gasteiger partial charge on any atom is 0.397 e. The lowest BCUT2D eigenvalue weighted by molar-refractivity contribution is -0.298. The Morgan fingerprint density at radius 1 is 0.481 bits per heavy atom. The highest BCUT2D eigenvalue weighted by molar-refractivity contribution is 7.80. The molecule has 0 spiro atoms. The summed E-state index contributed by atoms with van der Waals surface area (Å²) in [5, 5.41) is 45.3. The van der Waals surface area contributed by atoms with E-state index in [1.807, 2.05) is 0 Å². The molecule has 13 heteroatoms. The molecule has 7 atom stereocenters. The third-order valence-electron chi connectivity index (χ3n) is 17.1. The number of rotatable bonds is 63. The Hall–Kier alpha value is -1.16. The summed E-state index contributed by atoms with van der Waals surface area (Å²) in [5.41, 5.74) is 0. The van der Waals surface area contributed by atoms with Crippen LogP contribution in [-0.2, 0) is 28.9 Å². The van der Waals surface area contributed by atoms with E-state index in [4.69, 9.17) is 9.47 Å². The van der Waals surface area contributed by atoms with Crippen molar-refractivity contribution in [3.05, 3.63) is 12.2 Å². The normalized spacial score (nSPS) is 18.5. The molecular weight excluding hydrogens is 1040 g/mol. The van der Waals surface area contributed by atoms with Gasteiger partial charge in [-0.2, -0.15) is 8.42 Å². The van der Waals surface area contributed by atoms with Crippen molar-refractivity contribution in [3.63, 3.8) is 0 Å². The van der Waals surface area contributed by atoms with E-state index in [2.05, 4.69) is 35.5 Å². The Morgan fingerprint density at radius 2 is 0.790 bits per heavy atom. The number of allylic oxidation sites excluding steroid dienone is 2. The zero-order valence-corrected chi connectivity index (χ0v) is 53.7. The average Bonchev–Trinajstić information content (AvgIpc) is 3.51. The van der Waals surface area contributed by atoms with E-state index in [1.165, 1.54) is 283 Å². The second kappa shape index (κ2) is 57.9. The molecule has 7 unspecified atom stereocenters. The summed E-state index contributed by atoms with van der Waals surface area (Å²) >= 11 is 0. The molecule has 81 heavy (non-hydrogen) atoms. The van der Waals surface area contributed by atoms with Crippen molar-refractivity contribution in [2.75, 3.05) is 13.2 Å². The number of hydrogen-bond donors (Lipinski definition) is 6. The number of carbonyl (C=O) groups excluding carboxylic acids is 1. The number of nitrogens with one attached hydrogen (secondary N) is 1. The lowest BCUT2D eigenvalue weighted by atomic mass is 9.99. The number of carbonyl (C=O) groups is 1. The van der Waals surface area contributed by atoms with Crippen LogP contribution in [0.25, 0.3) is 0 Å². The van der Waals surface area contributed by atoms with Crippen LogP contribution in [0.5, 0.6) is 0 Å². The Balaban J connectivity index is 2.18. The molecule has 0 bridgehead atoms. The molecule has 0 aromatic rings. The molecule has 1 heterocycles. The van der Waals surface area contributed by atoms with Gasteiger partial charge in [-0.15, -0.1) is 0 Å².